The Morgan fingerprint density at radius 3 is 1.17 bits per heavy atom. The summed E-state index contributed by atoms with van der Waals surface area (Å²) < 4.78 is 9.02. The van der Waals surface area contributed by atoms with Crippen LogP contribution in [0.25, 0.3) is 0 Å². The van der Waals surface area contributed by atoms with Gasteiger partial charge in [-0.1, -0.05) is 161 Å². The van der Waals surface area contributed by atoms with Crippen LogP contribution in [-0.4, -0.2) is 20.6 Å². The molecule has 0 atom stereocenters. The van der Waals surface area contributed by atoms with Crippen LogP contribution in [0.2, 0.25) is 39.3 Å². The number of nitrogens with zero attached hydrogens (tertiary/aromatic N) is 2. The summed E-state index contributed by atoms with van der Waals surface area (Å²) in [7, 11) is -7.01. The van der Waals surface area contributed by atoms with E-state index in [9.17, 15) is 0 Å². The van der Waals surface area contributed by atoms with Crippen molar-refractivity contribution < 1.29 is 0 Å². The van der Waals surface area contributed by atoms with Crippen LogP contribution >= 0.6 is 15.3 Å². The number of rotatable bonds is 8. The van der Waals surface area contributed by atoms with Gasteiger partial charge in [0.05, 0.1) is 7.21 Å². The average molecular weight is 545 g/mol. The topological polar surface area (TPSA) is 15.6 Å². The fraction of sp³-hybridized carbons (Fsp3) is 0.200. The van der Waals surface area contributed by atoms with Gasteiger partial charge in [-0.25, -0.2) is 0 Å². The molecule has 0 unspecified atom stereocenters. The van der Waals surface area contributed by atoms with Gasteiger partial charge in [0.15, 0.2) is 8.24 Å². The van der Waals surface area contributed by atoms with Gasteiger partial charge in [0.2, 0.25) is 0 Å². The molecule has 0 aliphatic rings. The van der Waals surface area contributed by atoms with E-state index in [1.165, 1.54) is 21.2 Å². The summed E-state index contributed by atoms with van der Waals surface area (Å²) in [5, 5.41) is 5.51. The molecule has 0 aliphatic carbocycles. The molecule has 0 aromatic heterocycles. The lowest BCUT2D eigenvalue weighted by Crippen LogP contribution is -2.48. The first-order chi connectivity index (χ1) is 17.1. The van der Waals surface area contributed by atoms with Crippen LogP contribution in [0.5, 0.6) is 0 Å². The molecular weight excluding hydrogens is 506 g/mol. The smallest absolute Gasteiger partial charge is 0.172 e. The molecule has 2 nitrogen and oxygen atoms in total. The van der Waals surface area contributed by atoms with E-state index in [-0.39, 0.29) is 0 Å². The zero-order valence-corrected chi connectivity index (χ0v) is 26.1. The Morgan fingerprint density at radius 2 is 0.861 bits per heavy atom. The summed E-state index contributed by atoms with van der Waals surface area (Å²) in [6.45, 7) is 14.7. The molecule has 6 heteroatoms. The molecule has 0 spiro atoms. The molecule has 4 aromatic carbocycles. The van der Waals surface area contributed by atoms with Gasteiger partial charge in [0.25, 0.3) is 0 Å². The zero-order valence-electron chi connectivity index (χ0n) is 22.3. The van der Waals surface area contributed by atoms with Crippen molar-refractivity contribution in [3.63, 3.8) is 0 Å². The third-order valence-corrected chi connectivity index (χ3v) is 21.4. The van der Waals surface area contributed by atoms with Crippen molar-refractivity contribution in [1.29, 1.82) is 0 Å². The molecule has 0 saturated heterocycles. The van der Waals surface area contributed by atoms with Crippen molar-refractivity contribution in [3.05, 3.63) is 121 Å². The van der Waals surface area contributed by atoms with Crippen molar-refractivity contribution in [2.45, 2.75) is 39.3 Å². The minimum absolute atomic E-state index is 0.818. The standard InChI is InChI=1S/C30H38N2P2Si2/c1-35(2,3)31-34(29-23-15-9-16-24-29,30-25-17-10-18-26-30)32(36(4,5)6)33(27-19-11-7-12-20-27)28-21-13-8-14-22-28/h7-26H,1-6H3. The first-order valence-corrected chi connectivity index (χ1v) is 22.5. The molecule has 0 heterocycles. The predicted molar refractivity (Wildman–Crippen MR) is 169 cm³/mol. The average Bonchev–Trinajstić information content (AvgIpc) is 2.87. The molecule has 36 heavy (non-hydrogen) atoms. The summed E-state index contributed by atoms with van der Waals surface area (Å²) >= 11 is 0. The second-order valence-corrected chi connectivity index (χ2v) is 26.7. The highest BCUT2D eigenvalue weighted by Crippen LogP contribution is 2.65. The molecule has 0 N–H and O–H groups in total. The van der Waals surface area contributed by atoms with E-state index < -0.39 is 31.7 Å². The Balaban J connectivity index is 2.20. The van der Waals surface area contributed by atoms with Crippen LogP contribution in [0.4, 0.5) is 0 Å². The maximum absolute atomic E-state index is 6.05. The van der Waals surface area contributed by atoms with Gasteiger partial charge in [-0.3, -0.25) is 4.11 Å². The van der Waals surface area contributed by atoms with Crippen LogP contribution in [0.3, 0.4) is 0 Å². The molecule has 0 radical (unpaired) electrons. The lowest BCUT2D eigenvalue weighted by Gasteiger charge is -2.50. The summed E-state index contributed by atoms with van der Waals surface area (Å²) in [5.74, 6) is 0. The van der Waals surface area contributed by atoms with Gasteiger partial charge >= 0.3 is 0 Å². The zero-order chi connectivity index (χ0) is 25.8. The van der Waals surface area contributed by atoms with Gasteiger partial charge in [0.1, 0.15) is 8.24 Å². The van der Waals surface area contributed by atoms with Gasteiger partial charge < -0.3 is 4.41 Å². The SMILES string of the molecule is C[Si](C)(C)N=P(c1ccccc1)(c1ccccc1)N(P(c1ccccc1)c1ccccc1)[Si](C)(C)C. The summed E-state index contributed by atoms with van der Waals surface area (Å²) in [5.41, 5.74) is 0. The van der Waals surface area contributed by atoms with Crippen LogP contribution in [0, 0.1) is 0 Å². The fourth-order valence-electron chi connectivity index (χ4n) is 4.60. The van der Waals surface area contributed by atoms with Crippen molar-refractivity contribution >= 4 is 53.0 Å². The second kappa shape index (κ2) is 11.1. The summed E-state index contributed by atoms with van der Waals surface area (Å²) in [6, 6.07) is 44.7. The van der Waals surface area contributed by atoms with E-state index in [4.69, 9.17) is 4.41 Å². The highest BCUT2D eigenvalue weighted by Gasteiger charge is 2.45. The molecule has 4 rings (SSSR count). The van der Waals surface area contributed by atoms with Gasteiger partial charge in [-0.2, -0.15) is 0 Å². The molecule has 186 valence electrons. The lowest BCUT2D eigenvalue weighted by atomic mass is 10.4. The van der Waals surface area contributed by atoms with Gasteiger partial charge in [-0.05, 0) is 10.6 Å². The number of hydrogen-bond acceptors (Lipinski definition) is 1. The van der Waals surface area contributed by atoms with E-state index >= 15 is 0 Å². The Labute approximate surface area is 221 Å². The normalized spacial score (nSPS) is 12.7. The Kier molecular flexibility index (Phi) is 8.34. The molecular formula is C30H38N2P2Si2. The Bertz CT molecular complexity index is 1220. The minimum atomic E-state index is -2.33. The van der Waals surface area contributed by atoms with E-state index in [0.717, 1.165) is 0 Å². The van der Waals surface area contributed by atoms with Crippen LogP contribution in [-0.2, 0) is 0 Å². The minimum Gasteiger partial charge on any atom is -0.317 e. The van der Waals surface area contributed by atoms with Crippen molar-refractivity contribution in [3.8, 4) is 0 Å². The molecule has 0 bridgehead atoms. The van der Waals surface area contributed by atoms with Crippen LogP contribution < -0.4 is 21.2 Å². The Hall–Kier alpha value is -2.07. The first kappa shape index (κ1) is 27.0. The quantitative estimate of drug-likeness (QED) is 0.163. The van der Waals surface area contributed by atoms with E-state index in [1.54, 1.807) is 0 Å². The maximum Gasteiger partial charge on any atom is 0.172 e. The fourth-order valence-corrected chi connectivity index (χ4v) is 23.2. The summed E-state index contributed by atoms with van der Waals surface area (Å²) in [6.07, 6.45) is 0. The van der Waals surface area contributed by atoms with Gasteiger partial charge in [0, 0.05) is 18.7 Å². The highest BCUT2D eigenvalue weighted by atomic mass is 31.2. The molecule has 0 amide bonds. The van der Waals surface area contributed by atoms with Crippen molar-refractivity contribution in [1.82, 2.24) is 4.11 Å². The van der Waals surface area contributed by atoms with Crippen molar-refractivity contribution in [2.24, 2.45) is 4.41 Å². The Morgan fingerprint density at radius 1 is 0.528 bits per heavy atom. The largest absolute Gasteiger partial charge is 0.317 e. The highest BCUT2D eigenvalue weighted by molar-refractivity contribution is 7.91. The molecule has 0 aliphatic heterocycles. The van der Waals surface area contributed by atoms with E-state index in [2.05, 4.69) is 165 Å². The monoisotopic (exact) mass is 544 g/mol. The number of benzene rings is 4. The second-order valence-electron chi connectivity index (χ2n) is 11.0. The first-order valence-electron chi connectivity index (χ1n) is 12.6. The maximum atomic E-state index is 6.05. The van der Waals surface area contributed by atoms with Gasteiger partial charge in [-0.15, -0.1) is 0 Å². The van der Waals surface area contributed by atoms with E-state index in [0.29, 0.717) is 0 Å². The van der Waals surface area contributed by atoms with Crippen LogP contribution in [0.15, 0.2) is 126 Å². The molecule has 4 aromatic rings. The van der Waals surface area contributed by atoms with E-state index in [1.807, 2.05) is 0 Å². The van der Waals surface area contributed by atoms with Crippen molar-refractivity contribution in [2.75, 3.05) is 0 Å². The third-order valence-electron chi connectivity index (χ3n) is 5.74. The molecule has 0 fully saturated rings. The summed E-state index contributed by atoms with van der Waals surface area (Å²) in [4.78, 5) is 0. The van der Waals surface area contributed by atoms with Crippen LogP contribution in [0.1, 0.15) is 0 Å². The lowest BCUT2D eigenvalue weighted by molar-refractivity contribution is 1.07. The number of hydrogen-bond donors (Lipinski definition) is 0. The predicted octanol–water partition coefficient (Wildman–Crippen LogP) is 7.77. The third kappa shape index (κ3) is 5.91. The molecule has 0 saturated carbocycles.